The Balaban J connectivity index is 1.86. The molecule has 3 rings (SSSR count). The number of fused-ring (bicyclic) bond motifs is 1. The lowest BCUT2D eigenvalue weighted by Gasteiger charge is -2.09. The van der Waals surface area contributed by atoms with E-state index in [0.29, 0.717) is 11.2 Å². The fourth-order valence-electron chi connectivity index (χ4n) is 2.75. The number of aryl methyl sites for hydroxylation is 2. The summed E-state index contributed by atoms with van der Waals surface area (Å²) in [6, 6.07) is 10.2. The second kappa shape index (κ2) is 6.87. The van der Waals surface area contributed by atoms with Crippen LogP contribution in [0.3, 0.4) is 0 Å². The molecule has 7 nitrogen and oxygen atoms in total. The highest BCUT2D eigenvalue weighted by molar-refractivity contribution is 5.94. The average molecular weight is 354 g/mol. The predicted octanol–water partition coefficient (Wildman–Crippen LogP) is 2.64. The molecular weight excluding hydrogens is 336 g/mol. The lowest BCUT2D eigenvalue weighted by molar-refractivity contribution is -0.116. The second-order valence-electron chi connectivity index (χ2n) is 5.99. The number of anilines is 1. The monoisotopic (exact) mass is 354 g/mol. The van der Waals surface area contributed by atoms with E-state index in [2.05, 4.69) is 10.1 Å². The van der Waals surface area contributed by atoms with Crippen molar-refractivity contribution >= 4 is 28.7 Å². The molecule has 0 fully saturated rings. The minimum atomic E-state index is -0.669. The molecule has 0 spiro atoms. The highest BCUT2D eigenvalue weighted by Gasteiger charge is 2.16. The van der Waals surface area contributed by atoms with Gasteiger partial charge in [-0.05, 0) is 43.7 Å². The standard InChI is InChI=1S/C19H18N2O5/c1-11-4-6-14(12(2)8-11)20-17(22)10-21-15-7-5-13(18(23)25-3)9-16(15)26-19(21)24/h4-9H,10H2,1-3H3,(H,20,22). The summed E-state index contributed by atoms with van der Waals surface area (Å²) in [5, 5.41) is 2.79. The molecule has 1 aromatic heterocycles. The fourth-order valence-corrected chi connectivity index (χ4v) is 2.75. The molecule has 2 aromatic carbocycles. The van der Waals surface area contributed by atoms with Crippen molar-refractivity contribution in [2.24, 2.45) is 0 Å². The maximum atomic E-state index is 12.3. The van der Waals surface area contributed by atoms with Crippen LogP contribution in [0.1, 0.15) is 21.5 Å². The van der Waals surface area contributed by atoms with Crippen molar-refractivity contribution in [1.82, 2.24) is 4.57 Å². The van der Waals surface area contributed by atoms with E-state index in [1.54, 1.807) is 6.07 Å². The predicted molar refractivity (Wildman–Crippen MR) is 96.4 cm³/mol. The van der Waals surface area contributed by atoms with Crippen LogP contribution in [0.15, 0.2) is 45.6 Å². The van der Waals surface area contributed by atoms with E-state index < -0.39 is 11.7 Å². The third kappa shape index (κ3) is 3.37. The van der Waals surface area contributed by atoms with Gasteiger partial charge in [-0.1, -0.05) is 17.7 Å². The molecule has 7 heteroatoms. The number of nitrogens with one attached hydrogen (secondary N) is 1. The Bertz CT molecular complexity index is 1060. The van der Waals surface area contributed by atoms with E-state index in [-0.39, 0.29) is 23.6 Å². The van der Waals surface area contributed by atoms with E-state index in [1.165, 1.54) is 23.8 Å². The molecule has 0 aliphatic heterocycles. The molecular formula is C19H18N2O5. The van der Waals surface area contributed by atoms with Gasteiger partial charge in [0.15, 0.2) is 5.58 Å². The number of ether oxygens (including phenoxy) is 1. The molecule has 0 saturated heterocycles. The van der Waals surface area contributed by atoms with Gasteiger partial charge in [0.05, 0.1) is 18.2 Å². The van der Waals surface area contributed by atoms with Gasteiger partial charge in [0, 0.05) is 5.69 Å². The summed E-state index contributed by atoms with van der Waals surface area (Å²) in [5.41, 5.74) is 3.63. The van der Waals surface area contributed by atoms with Gasteiger partial charge in [-0.25, -0.2) is 9.59 Å². The number of rotatable bonds is 4. The Kier molecular flexibility index (Phi) is 4.62. The molecule has 0 aliphatic carbocycles. The maximum absolute atomic E-state index is 12.3. The summed E-state index contributed by atoms with van der Waals surface area (Å²) in [6.45, 7) is 3.67. The Morgan fingerprint density at radius 3 is 2.62 bits per heavy atom. The fraction of sp³-hybridized carbons (Fsp3) is 0.211. The van der Waals surface area contributed by atoms with Crippen molar-refractivity contribution in [3.8, 4) is 0 Å². The van der Waals surface area contributed by atoms with E-state index >= 15 is 0 Å². The summed E-state index contributed by atoms with van der Waals surface area (Å²) in [4.78, 5) is 36.0. The zero-order valence-electron chi connectivity index (χ0n) is 14.7. The summed E-state index contributed by atoms with van der Waals surface area (Å²) in [7, 11) is 1.27. The number of nitrogens with zero attached hydrogens (tertiary/aromatic N) is 1. The minimum Gasteiger partial charge on any atom is -0.465 e. The molecule has 0 saturated carbocycles. The minimum absolute atomic E-state index is 0.198. The molecule has 0 atom stereocenters. The Morgan fingerprint density at radius 1 is 1.15 bits per heavy atom. The topological polar surface area (TPSA) is 90.5 Å². The zero-order chi connectivity index (χ0) is 18.8. The molecule has 1 heterocycles. The number of hydrogen-bond donors (Lipinski definition) is 1. The van der Waals surface area contributed by atoms with E-state index in [0.717, 1.165) is 11.1 Å². The number of oxazole rings is 1. The molecule has 0 radical (unpaired) electrons. The van der Waals surface area contributed by atoms with Gasteiger partial charge in [0.2, 0.25) is 5.91 Å². The smallest absolute Gasteiger partial charge is 0.420 e. The van der Waals surface area contributed by atoms with Crippen LogP contribution >= 0.6 is 0 Å². The van der Waals surface area contributed by atoms with Crippen LogP contribution in [0.2, 0.25) is 0 Å². The van der Waals surface area contributed by atoms with Crippen molar-refractivity contribution in [2.45, 2.75) is 20.4 Å². The highest BCUT2D eigenvalue weighted by Crippen LogP contribution is 2.18. The number of carbonyl (C=O) groups excluding carboxylic acids is 2. The summed E-state index contributed by atoms with van der Waals surface area (Å²) < 4.78 is 11.0. The van der Waals surface area contributed by atoms with Gasteiger partial charge < -0.3 is 14.5 Å². The summed E-state index contributed by atoms with van der Waals surface area (Å²) >= 11 is 0. The van der Waals surface area contributed by atoms with Crippen molar-refractivity contribution in [2.75, 3.05) is 12.4 Å². The SMILES string of the molecule is COC(=O)c1ccc2c(c1)oc(=O)n2CC(=O)Nc1ccc(C)cc1C. The van der Waals surface area contributed by atoms with E-state index in [4.69, 9.17) is 4.42 Å². The third-order valence-electron chi connectivity index (χ3n) is 4.05. The van der Waals surface area contributed by atoms with Crippen molar-refractivity contribution in [3.63, 3.8) is 0 Å². The number of methoxy groups -OCH3 is 1. The quantitative estimate of drug-likeness (QED) is 0.728. The number of aromatic nitrogens is 1. The normalized spacial score (nSPS) is 10.7. The van der Waals surface area contributed by atoms with Crippen LogP contribution in [0.5, 0.6) is 0 Å². The third-order valence-corrected chi connectivity index (χ3v) is 4.05. The van der Waals surface area contributed by atoms with Gasteiger partial charge in [0.25, 0.3) is 0 Å². The Morgan fingerprint density at radius 2 is 1.92 bits per heavy atom. The van der Waals surface area contributed by atoms with E-state index in [1.807, 2.05) is 32.0 Å². The van der Waals surface area contributed by atoms with Gasteiger partial charge >= 0.3 is 11.7 Å². The number of carbonyl (C=O) groups is 2. The molecule has 3 aromatic rings. The number of benzene rings is 2. The highest BCUT2D eigenvalue weighted by atomic mass is 16.5. The lowest BCUT2D eigenvalue weighted by atomic mass is 10.1. The molecule has 0 unspecified atom stereocenters. The van der Waals surface area contributed by atoms with Crippen LogP contribution in [-0.4, -0.2) is 23.6 Å². The van der Waals surface area contributed by atoms with Crippen LogP contribution in [0, 0.1) is 13.8 Å². The zero-order valence-corrected chi connectivity index (χ0v) is 14.7. The van der Waals surface area contributed by atoms with Gasteiger partial charge in [-0.3, -0.25) is 9.36 Å². The average Bonchev–Trinajstić information content (AvgIpc) is 2.91. The number of hydrogen-bond acceptors (Lipinski definition) is 5. The van der Waals surface area contributed by atoms with Gasteiger partial charge in [-0.2, -0.15) is 0 Å². The molecule has 1 N–H and O–H groups in total. The number of esters is 1. The first kappa shape index (κ1) is 17.5. The van der Waals surface area contributed by atoms with E-state index in [9.17, 15) is 14.4 Å². The van der Waals surface area contributed by atoms with Gasteiger partial charge in [0.1, 0.15) is 6.54 Å². The van der Waals surface area contributed by atoms with Crippen LogP contribution < -0.4 is 11.1 Å². The van der Waals surface area contributed by atoms with Crippen LogP contribution in [-0.2, 0) is 16.1 Å². The molecule has 0 aliphatic rings. The molecule has 1 amide bonds. The Labute approximate surface area is 149 Å². The van der Waals surface area contributed by atoms with Crippen molar-refractivity contribution in [3.05, 3.63) is 63.6 Å². The van der Waals surface area contributed by atoms with Crippen molar-refractivity contribution in [1.29, 1.82) is 0 Å². The maximum Gasteiger partial charge on any atom is 0.420 e. The second-order valence-corrected chi connectivity index (χ2v) is 5.99. The molecule has 0 bridgehead atoms. The first-order valence-electron chi connectivity index (χ1n) is 7.98. The molecule has 26 heavy (non-hydrogen) atoms. The lowest BCUT2D eigenvalue weighted by Crippen LogP contribution is -2.25. The largest absolute Gasteiger partial charge is 0.465 e. The van der Waals surface area contributed by atoms with Crippen LogP contribution in [0.25, 0.3) is 11.1 Å². The summed E-state index contributed by atoms with van der Waals surface area (Å²) in [5.74, 6) is -1.55. The molecule has 134 valence electrons. The van der Waals surface area contributed by atoms with Crippen molar-refractivity contribution < 1.29 is 18.7 Å². The summed E-state index contributed by atoms with van der Waals surface area (Å²) in [6.07, 6.45) is 0. The first-order valence-corrected chi connectivity index (χ1v) is 7.98. The number of amides is 1. The Hall–Kier alpha value is -3.35. The first-order chi connectivity index (χ1) is 12.4. The van der Waals surface area contributed by atoms with Crippen LogP contribution in [0.4, 0.5) is 5.69 Å². The van der Waals surface area contributed by atoms with Gasteiger partial charge in [-0.15, -0.1) is 0 Å².